The third kappa shape index (κ3) is 4.23. The summed E-state index contributed by atoms with van der Waals surface area (Å²) in [5.41, 5.74) is 3.11. The lowest BCUT2D eigenvalue weighted by molar-refractivity contribution is 0.107. The number of rotatable bonds is 6. The fraction of sp³-hybridized carbons (Fsp3) is 0.333. The van der Waals surface area contributed by atoms with Gasteiger partial charge in [-0.2, -0.15) is 0 Å². The van der Waals surface area contributed by atoms with Crippen molar-refractivity contribution in [1.82, 2.24) is 0 Å². The van der Waals surface area contributed by atoms with Crippen molar-refractivity contribution < 1.29 is 14.6 Å². The third-order valence-electron chi connectivity index (χ3n) is 3.32. The largest absolute Gasteiger partial charge is 0.494 e. The fourth-order valence-corrected chi connectivity index (χ4v) is 2.20. The van der Waals surface area contributed by atoms with Crippen molar-refractivity contribution in [2.45, 2.75) is 26.9 Å². The van der Waals surface area contributed by atoms with E-state index in [4.69, 9.17) is 9.47 Å². The van der Waals surface area contributed by atoms with Crippen molar-refractivity contribution in [1.29, 1.82) is 0 Å². The Kier molecular flexibility index (Phi) is 5.23. The average Bonchev–Trinajstić information content (AvgIpc) is 2.48. The van der Waals surface area contributed by atoms with E-state index in [2.05, 4.69) is 0 Å². The van der Waals surface area contributed by atoms with E-state index in [9.17, 15) is 5.11 Å². The molecule has 21 heavy (non-hydrogen) atoms. The van der Waals surface area contributed by atoms with Gasteiger partial charge in [-0.1, -0.05) is 29.8 Å². The third-order valence-corrected chi connectivity index (χ3v) is 3.32. The van der Waals surface area contributed by atoms with Crippen molar-refractivity contribution in [2.24, 2.45) is 0 Å². The van der Waals surface area contributed by atoms with Crippen LogP contribution in [0.3, 0.4) is 0 Å². The number of hydrogen-bond acceptors (Lipinski definition) is 3. The number of hydrogen-bond donors (Lipinski definition) is 1. The van der Waals surface area contributed by atoms with Crippen LogP contribution in [-0.4, -0.2) is 18.3 Å². The van der Waals surface area contributed by atoms with Gasteiger partial charge < -0.3 is 14.6 Å². The SMILES string of the molecule is CCOc1cccc(OCC(O)c2cc(C)ccc2C)c1. The first kappa shape index (κ1) is 15.4. The van der Waals surface area contributed by atoms with Gasteiger partial charge in [0.15, 0.2) is 0 Å². The van der Waals surface area contributed by atoms with Gasteiger partial charge in [0.25, 0.3) is 0 Å². The van der Waals surface area contributed by atoms with E-state index < -0.39 is 6.10 Å². The van der Waals surface area contributed by atoms with Crippen LogP contribution < -0.4 is 9.47 Å². The minimum absolute atomic E-state index is 0.222. The van der Waals surface area contributed by atoms with Crippen LogP contribution in [0.1, 0.15) is 29.7 Å². The molecule has 0 radical (unpaired) electrons. The van der Waals surface area contributed by atoms with Crippen LogP contribution >= 0.6 is 0 Å². The summed E-state index contributed by atoms with van der Waals surface area (Å²) in [4.78, 5) is 0. The molecule has 0 saturated carbocycles. The summed E-state index contributed by atoms with van der Waals surface area (Å²) in [5, 5.41) is 10.3. The molecule has 1 unspecified atom stereocenters. The van der Waals surface area contributed by atoms with E-state index in [0.717, 1.165) is 22.4 Å². The number of aryl methyl sites for hydroxylation is 2. The summed E-state index contributed by atoms with van der Waals surface area (Å²) in [6, 6.07) is 13.5. The normalized spacial score (nSPS) is 12.0. The van der Waals surface area contributed by atoms with Crippen molar-refractivity contribution in [2.75, 3.05) is 13.2 Å². The quantitative estimate of drug-likeness (QED) is 0.877. The summed E-state index contributed by atoms with van der Waals surface area (Å²) in [7, 11) is 0. The van der Waals surface area contributed by atoms with Crippen molar-refractivity contribution in [3.63, 3.8) is 0 Å². The number of ether oxygens (including phenoxy) is 2. The maximum atomic E-state index is 10.3. The first-order valence-electron chi connectivity index (χ1n) is 7.21. The van der Waals surface area contributed by atoms with E-state index >= 15 is 0 Å². The Labute approximate surface area is 126 Å². The summed E-state index contributed by atoms with van der Waals surface area (Å²) in [6.07, 6.45) is -0.638. The molecule has 1 N–H and O–H groups in total. The van der Waals surface area contributed by atoms with Gasteiger partial charge in [-0.3, -0.25) is 0 Å². The van der Waals surface area contributed by atoms with Gasteiger partial charge in [-0.15, -0.1) is 0 Å². The highest BCUT2D eigenvalue weighted by atomic mass is 16.5. The molecule has 3 nitrogen and oxygen atoms in total. The molecule has 2 aromatic carbocycles. The molecule has 0 amide bonds. The second-order valence-corrected chi connectivity index (χ2v) is 5.09. The van der Waals surface area contributed by atoms with Crippen LogP contribution in [0.4, 0.5) is 0 Å². The van der Waals surface area contributed by atoms with Gasteiger partial charge in [0, 0.05) is 6.07 Å². The van der Waals surface area contributed by atoms with Crippen LogP contribution in [0.25, 0.3) is 0 Å². The van der Waals surface area contributed by atoms with E-state index in [1.807, 2.05) is 63.2 Å². The number of benzene rings is 2. The van der Waals surface area contributed by atoms with Gasteiger partial charge in [0.1, 0.15) is 24.2 Å². The zero-order valence-corrected chi connectivity index (χ0v) is 12.8. The molecule has 3 heteroatoms. The lowest BCUT2D eigenvalue weighted by Gasteiger charge is -2.16. The Bertz CT molecular complexity index is 593. The summed E-state index contributed by atoms with van der Waals surface area (Å²) in [6.45, 7) is 6.79. The lowest BCUT2D eigenvalue weighted by atomic mass is 10.0. The molecular weight excluding hydrogens is 264 g/mol. The zero-order valence-electron chi connectivity index (χ0n) is 12.8. The number of aliphatic hydroxyl groups is 1. The van der Waals surface area contributed by atoms with Crippen molar-refractivity contribution >= 4 is 0 Å². The highest BCUT2D eigenvalue weighted by molar-refractivity contribution is 5.34. The highest BCUT2D eigenvalue weighted by Crippen LogP contribution is 2.23. The van der Waals surface area contributed by atoms with Crippen LogP contribution in [0.2, 0.25) is 0 Å². The number of aliphatic hydroxyl groups excluding tert-OH is 1. The minimum Gasteiger partial charge on any atom is -0.494 e. The van der Waals surface area contributed by atoms with Gasteiger partial charge >= 0.3 is 0 Å². The predicted molar refractivity (Wildman–Crippen MR) is 84.0 cm³/mol. The van der Waals surface area contributed by atoms with Crippen molar-refractivity contribution in [3.05, 3.63) is 59.2 Å². The van der Waals surface area contributed by atoms with Gasteiger partial charge in [-0.05, 0) is 44.0 Å². The molecule has 0 saturated heterocycles. The van der Waals surface area contributed by atoms with Gasteiger partial charge in [0.05, 0.1) is 6.61 Å². The molecule has 0 spiro atoms. The van der Waals surface area contributed by atoms with E-state index in [1.54, 1.807) is 0 Å². The van der Waals surface area contributed by atoms with Crippen LogP contribution in [0.5, 0.6) is 11.5 Å². The first-order valence-corrected chi connectivity index (χ1v) is 7.21. The van der Waals surface area contributed by atoms with Crippen molar-refractivity contribution in [3.8, 4) is 11.5 Å². The Hall–Kier alpha value is -2.00. The zero-order chi connectivity index (χ0) is 15.2. The van der Waals surface area contributed by atoms with Gasteiger partial charge in [0.2, 0.25) is 0 Å². The van der Waals surface area contributed by atoms with Crippen LogP contribution in [-0.2, 0) is 0 Å². The maximum absolute atomic E-state index is 10.3. The average molecular weight is 286 g/mol. The molecule has 0 aliphatic carbocycles. The Morgan fingerprint density at radius 3 is 2.43 bits per heavy atom. The molecule has 0 fully saturated rings. The summed E-state index contributed by atoms with van der Waals surface area (Å²) in [5.74, 6) is 1.47. The monoisotopic (exact) mass is 286 g/mol. The van der Waals surface area contributed by atoms with Crippen LogP contribution in [0.15, 0.2) is 42.5 Å². The fourth-order valence-electron chi connectivity index (χ4n) is 2.20. The lowest BCUT2D eigenvalue weighted by Crippen LogP contribution is -2.11. The molecular formula is C18H22O3. The smallest absolute Gasteiger partial charge is 0.123 e. The topological polar surface area (TPSA) is 38.7 Å². The van der Waals surface area contributed by atoms with E-state index in [0.29, 0.717) is 12.4 Å². The minimum atomic E-state index is -0.638. The highest BCUT2D eigenvalue weighted by Gasteiger charge is 2.11. The van der Waals surface area contributed by atoms with Gasteiger partial charge in [-0.25, -0.2) is 0 Å². The molecule has 2 aromatic rings. The maximum Gasteiger partial charge on any atom is 0.123 e. The molecule has 0 aromatic heterocycles. The molecule has 112 valence electrons. The molecule has 0 heterocycles. The Morgan fingerprint density at radius 1 is 1.00 bits per heavy atom. The van der Waals surface area contributed by atoms with E-state index in [1.165, 1.54) is 0 Å². The first-order chi connectivity index (χ1) is 10.1. The molecule has 0 aliphatic heterocycles. The molecule has 0 bridgehead atoms. The second-order valence-electron chi connectivity index (χ2n) is 5.09. The van der Waals surface area contributed by atoms with Crippen LogP contribution in [0, 0.1) is 13.8 Å². The standard InChI is InChI=1S/C18H22O3/c1-4-20-15-6-5-7-16(11-15)21-12-18(19)17-10-13(2)8-9-14(17)3/h5-11,18-19H,4,12H2,1-3H3. The molecule has 1 atom stereocenters. The molecule has 0 aliphatic rings. The summed E-state index contributed by atoms with van der Waals surface area (Å²) >= 11 is 0. The molecule has 2 rings (SSSR count). The predicted octanol–water partition coefficient (Wildman–Crippen LogP) is 3.81. The summed E-state index contributed by atoms with van der Waals surface area (Å²) < 4.78 is 11.1. The Balaban J connectivity index is 2.02. The Morgan fingerprint density at radius 2 is 1.71 bits per heavy atom. The second kappa shape index (κ2) is 7.14. The van der Waals surface area contributed by atoms with E-state index in [-0.39, 0.29) is 6.61 Å².